The molecule has 0 aliphatic carbocycles. The van der Waals surface area contributed by atoms with Crippen molar-refractivity contribution < 1.29 is 4.79 Å². The van der Waals surface area contributed by atoms with Crippen LogP contribution in [0.2, 0.25) is 0 Å². The molecule has 4 aromatic rings. The van der Waals surface area contributed by atoms with Crippen molar-refractivity contribution in [3.8, 4) is 11.3 Å². The molecule has 0 saturated carbocycles. The standard InChI is InChI=1S/C27H29N5O2/c1-20-8-9-22(18-21(20)2)24-19-25-27(34)31(16-17-32(25)28-24)11-10-26(33)30-14-12-29(13-15-30)23-6-4-3-5-7-23/h3-9,16-19H,10-15H2,1-2H3. The number of piperazine rings is 1. The van der Waals surface area contributed by atoms with Gasteiger partial charge < -0.3 is 14.4 Å². The highest BCUT2D eigenvalue weighted by Gasteiger charge is 2.21. The number of hydrogen-bond acceptors (Lipinski definition) is 4. The second-order valence-corrected chi connectivity index (χ2v) is 8.91. The summed E-state index contributed by atoms with van der Waals surface area (Å²) in [4.78, 5) is 30.1. The fraction of sp³-hybridized carbons (Fsp3) is 0.296. The van der Waals surface area contributed by atoms with E-state index in [1.54, 1.807) is 21.5 Å². The average molecular weight is 456 g/mol. The summed E-state index contributed by atoms with van der Waals surface area (Å²) in [6.45, 7) is 7.54. The predicted molar refractivity (Wildman–Crippen MR) is 134 cm³/mol. The third kappa shape index (κ3) is 4.33. The second kappa shape index (κ2) is 9.17. The van der Waals surface area contributed by atoms with Crippen LogP contribution in [0.1, 0.15) is 17.5 Å². The molecule has 0 radical (unpaired) electrons. The first-order chi connectivity index (χ1) is 16.5. The summed E-state index contributed by atoms with van der Waals surface area (Å²) in [6, 6.07) is 18.3. The summed E-state index contributed by atoms with van der Waals surface area (Å²) in [7, 11) is 0. The normalized spacial score (nSPS) is 14.1. The molecule has 1 saturated heterocycles. The smallest absolute Gasteiger partial charge is 0.276 e. The lowest BCUT2D eigenvalue weighted by Gasteiger charge is -2.36. The highest BCUT2D eigenvalue weighted by atomic mass is 16.2. The molecule has 7 nitrogen and oxygen atoms in total. The molecule has 0 N–H and O–H groups in total. The average Bonchev–Trinajstić information content (AvgIpc) is 3.31. The van der Waals surface area contributed by atoms with Crippen molar-refractivity contribution in [1.82, 2.24) is 19.1 Å². The Labute approximate surface area is 198 Å². The number of amides is 1. The van der Waals surface area contributed by atoms with Crippen molar-refractivity contribution >= 4 is 17.1 Å². The van der Waals surface area contributed by atoms with Crippen LogP contribution in [0.3, 0.4) is 0 Å². The molecule has 0 unspecified atom stereocenters. The van der Waals surface area contributed by atoms with Crippen molar-refractivity contribution in [3.63, 3.8) is 0 Å². The quantitative estimate of drug-likeness (QED) is 0.462. The van der Waals surface area contributed by atoms with E-state index in [-0.39, 0.29) is 11.5 Å². The van der Waals surface area contributed by atoms with Gasteiger partial charge in [-0.1, -0.05) is 30.3 Å². The Morgan fingerprint density at radius 2 is 1.68 bits per heavy atom. The molecule has 3 heterocycles. The number of aromatic nitrogens is 3. The molecule has 1 amide bonds. The number of para-hydroxylation sites is 1. The number of aryl methyl sites for hydroxylation is 3. The van der Waals surface area contributed by atoms with Gasteiger partial charge in [0.05, 0.1) is 5.69 Å². The monoisotopic (exact) mass is 455 g/mol. The number of nitrogens with zero attached hydrogens (tertiary/aromatic N) is 5. The summed E-state index contributed by atoms with van der Waals surface area (Å²) in [6.07, 6.45) is 3.80. The first kappa shape index (κ1) is 21.9. The Hall–Kier alpha value is -3.87. The lowest BCUT2D eigenvalue weighted by atomic mass is 10.0. The predicted octanol–water partition coefficient (Wildman–Crippen LogP) is 3.52. The van der Waals surface area contributed by atoms with Crippen LogP contribution in [-0.4, -0.2) is 51.2 Å². The maximum atomic E-state index is 13.1. The summed E-state index contributed by atoms with van der Waals surface area (Å²) in [5.74, 6) is 0.0869. The van der Waals surface area contributed by atoms with E-state index in [4.69, 9.17) is 0 Å². The topological polar surface area (TPSA) is 62.9 Å². The largest absolute Gasteiger partial charge is 0.368 e. The number of benzene rings is 2. The summed E-state index contributed by atoms with van der Waals surface area (Å²) in [5, 5.41) is 4.58. The summed E-state index contributed by atoms with van der Waals surface area (Å²) < 4.78 is 3.23. The van der Waals surface area contributed by atoms with E-state index in [1.165, 1.54) is 16.8 Å². The lowest BCUT2D eigenvalue weighted by molar-refractivity contribution is -0.131. The molecule has 0 spiro atoms. The van der Waals surface area contributed by atoms with Crippen molar-refractivity contribution in [1.29, 1.82) is 0 Å². The number of hydrogen-bond donors (Lipinski definition) is 0. The van der Waals surface area contributed by atoms with Crippen LogP contribution in [-0.2, 0) is 11.3 Å². The molecular weight excluding hydrogens is 426 g/mol. The van der Waals surface area contributed by atoms with E-state index in [0.717, 1.165) is 24.3 Å². The third-order valence-electron chi connectivity index (χ3n) is 6.73. The van der Waals surface area contributed by atoms with Gasteiger partial charge in [0.1, 0.15) is 5.52 Å². The van der Waals surface area contributed by atoms with E-state index in [2.05, 4.69) is 48.1 Å². The molecule has 1 aliphatic heterocycles. The third-order valence-corrected chi connectivity index (χ3v) is 6.73. The van der Waals surface area contributed by atoms with Gasteiger partial charge in [0, 0.05) is 62.8 Å². The first-order valence-electron chi connectivity index (χ1n) is 11.7. The second-order valence-electron chi connectivity index (χ2n) is 8.91. The molecule has 0 atom stereocenters. The zero-order valence-electron chi connectivity index (χ0n) is 19.6. The lowest BCUT2D eigenvalue weighted by Crippen LogP contribution is -2.49. The Kier molecular flexibility index (Phi) is 5.92. The Balaban J connectivity index is 1.24. The van der Waals surface area contributed by atoms with Crippen LogP contribution in [0.25, 0.3) is 16.8 Å². The number of carbonyl (C=O) groups is 1. The van der Waals surface area contributed by atoms with Gasteiger partial charge in [-0.25, -0.2) is 4.52 Å². The summed E-state index contributed by atoms with van der Waals surface area (Å²) in [5.41, 5.74) is 5.74. The molecule has 2 aromatic carbocycles. The molecule has 34 heavy (non-hydrogen) atoms. The van der Waals surface area contributed by atoms with Crippen molar-refractivity contribution in [2.45, 2.75) is 26.8 Å². The molecule has 1 aliphatic rings. The molecule has 7 heteroatoms. The SMILES string of the molecule is Cc1ccc(-c2cc3c(=O)n(CCC(=O)N4CCN(c5ccccc5)CC4)ccn3n2)cc1C. The van der Waals surface area contributed by atoms with Crippen LogP contribution in [0.15, 0.2) is 71.8 Å². The highest BCUT2D eigenvalue weighted by molar-refractivity contribution is 5.76. The fourth-order valence-corrected chi connectivity index (χ4v) is 4.47. The molecular formula is C27H29N5O2. The molecule has 0 bridgehead atoms. The van der Waals surface area contributed by atoms with Crippen LogP contribution >= 0.6 is 0 Å². The van der Waals surface area contributed by atoms with E-state index < -0.39 is 0 Å². The van der Waals surface area contributed by atoms with Gasteiger partial charge in [-0.2, -0.15) is 5.10 Å². The van der Waals surface area contributed by atoms with Crippen molar-refractivity contribution in [3.05, 3.63) is 88.5 Å². The maximum Gasteiger partial charge on any atom is 0.276 e. The number of anilines is 1. The van der Waals surface area contributed by atoms with Crippen LogP contribution in [0, 0.1) is 13.8 Å². The number of rotatable bonds is 5. The van der Waals surface area contributed by atoms with Gasteiger partial charge in [-0.15, -0.1) is 0 Å². The molecule has 1 fully saturated rings. The van der Waals surface area contributed by atoms with E-state index in [1.807, 2.05) is 35.2 Å². The van der Waals surface area contributed by atoms with Crippen molar-refractivity contribution in [2.75, 3.05) is 31.1 Å². The van der Waals surface area contributed by atoms with Gasteiger partial charge in [0.15, 0.2) is 0 Å². The minimum Gasteiger partial charge on any atom is -0.368 e. The van der Waals surface area contributed by atoms with Crippen LogP contribution in [0.5, 0.6) is 0 Å². The summed E-state index contributed by atoms with van der Waals surface area (Å²) >= 11 is 0. The zero-order chi connectivity index (χ0) is 23.7. The van der Waals surface area contributed by atoms with Gasteiger partial charge in [0.25, 0.3) is 5.56 Å². The van der Waals surface area contributed by atoms with Gasteiger partial charge in [0.2, 0.25) is 5.91 Å². The minimum absolute atomic E-state index is 0.0869. The highest BCUT2D eigenvalue weighted by Crippen LogP contribution is 2.21. The minimum atomic E-state index is -0.133. The molecule has 174 valence electrons. The van der Waals surface area contributed by atoms with E-state index >= 15 is 0 Å². The molecule has 5 rings (SSSR count). The van der Waals surface area contributed by atoms with Gasteiger partial charge >= 0.3 is 0 Å². The Bertz CT molecular complexity index is 1380. The zero-order valence-corrected chi connectivity index (χ0v) is 19.6. The van der Waals surface area contributed by atoms with Crippen molar-refractivity contribution in [2.24, 2.45) is 0 Å². The Morgan fingerprint density at radius 3 is 2.41 bits per heavy atom. The maximum absolute atomic E-state index is 13.1. The first-order valence-corrected chi connectivity index (χ1v) is 11.7. The number of carbonyl (C=O) groups excluding carboxylic acids is 1. The van der Waals surface area contributed by atoms with E-state index in [9.17, 15) is 9.59 Å². The van der Waals surface area contributed by atoms with Gasteiger partial charge in [-0.05, 0) is 49.2 Å². The van der Waals surface area contributed by atoms with E-state index in [0.29, 0.717) is 31.6 Å². The van der Waals surface area contributed by atoms with Gasteiger partial charge in [-0.3, -0.25) is 9.59 Å². The number of fused-ring (bicyclic) bond motifs is 1. The fourth-order valence-electron chi connectivity index (χ4n) is 4.47. The molecule has 2 aromatic heterocycles. The van der Waals surface area contributed by atoms with Crippen LogP contribution < -0.4 is 10.5 Å². The van der Waals surface area contributed by atoms with Crippen LogP contribution in [0.4, 0.5) is 5.69 Å². The Morgan fingerprint density at radius 1 is 0.912 bits per heavy atom.